The Morgan fingerprint density at radius 3 is 2.57 bits per heavy atom. The van der Waals surface area contributed by atoms with Crippen molar-refractivity contribution in [1.29, 1.82) is 5.41 Å². The molecule has 6 heteroatoms. The number of nitrogen functional groups attached to an aromatic ring is 1. The molecule has 4 N–H and O–H groups in total. The van der Waals surface area contributed by atoms with E-state index in [4.69, 9.17) is 15.9 Å². The van der Waals surface area contributed by atoms with E-state index >= 15 is 0 Å². The average Bonchev–Trinajstić information content (AvgIpc) is 3.26. The van der Waals surface area contributed by atoms with Crippen LogP contribution >= 0.6 is 0 Å². The topological polar surface area (TPSA) is 105 Å². The van der Waals surface area contributed by atoms with Crippen LogP contribution in [0.2, 0.25) is 0 Å². The van der Waals surface area contributed by atoms with E-state index in [1.807, 2.05) is 48.5 Å². The highest BCUT2D eigenvalue weighted by Gasteiger charge is 2.12. The standard InChI is InChI=1S/C24H22N4O2/c1-30-22-9-16(8-21-13-27-14-28-21)7-20(12-22)23(29)10-15-2-3-18-11-19(24(25)26)5-4-17(18)6-15/h2-7,9,11-14H,8,10H2,1H3,(H3,25,26)(H,27,28). The lowest BCUT2D eigenvalue weighted by molar-refractivity contribution is 0.0992. The van der Waals surface area contributed by atoms with Gasteiger partial charge in [0, 0.05) is 35.9 Å². The first-order valence-corrected chi connectivity index (χ1v) is 9.57. The smallest absolute Gasteiger partial charge is 0.167 e. The molecular formula is C24H22N4O2. The monoisotopic (exact) mass is 398 g/mol. The van der Waals surface area contributed by atoms with Crippen molar-refractivity contribution in [3.63, 3.8) is 0 Å². The number of ether oxygens (including phenoxy) is 1. The molecule has 0 aliphatic carbocycles. The molecule has 0 bridgehead atoms. The molecule has 1 aromatic heterocycles. The van der Waals surface area contributed by atoms with Crippen LogP contribution in [-0.4, -0.2) is 28.7 Å². The number of nitrogens with one attached hydrogen (secondary N) is 2. The summed E-state index contributed by atoms with van der Waals surface area (Å²) in [6.07, 6.45) is 4.35. The molecule has 4 rings (SSSR count). The summed E-state index contributed by atoms with van der Waals surface area (Å²) in [6, 6.07) is 17.1. The first-order chi connectivity index (χ1) is 14.5. The lowest BCUT2D eigenvalue weighted by atomic mass is 9.97. The van der Waals surface area contributed by atoms with Crippen LogP contribution in [0.25, 0.3) is 10.8 Å². The fraction of sp³-hybridized carbons (Fsp3) is 0.125. The SMILES string of the molecule is COc1cc(Cc2cnc[nH]2)cc(C(=O)Cc2ccc3cc(C(=N)N)ccc3c2)c1. The highest BCUT2D eigenvalue weighted by molar-refractivity contribution is 6.00. The van der Waals surface area contributed by atoms with Crippen LogP contribution in [0, 0.1) is 5.41 Å². The normalized spacial score (nSPS) is 10.8. The Kier molecular flexibility index (Phi) is 5.30. The van der Waals surface area contributed by atoms with Gasteiger partial charge in [-0.3, -0.25) is 10.2 Å². The maximum Gasteiger partial charge on any atom is 0.167 e. The fourth-order valence-electron chi connectivity index (χ4n) is 3.50. The number of nitrogens with zero attached hydrogens (tertiary/aromatic N) is 1. The number of rotatable bonds is 7. The molecular weight excluding hydrogens is 376 g/mol. The Bertz CT molecular complexity index is 1230. The number of imidazole rings is 1. The van der Waals surface area contributed by atoms with E-state index in [9.17, 15) is 4.79 Å². The van der Waals surface area contributed by atoms with Crippen LogP contribution in [0.15, 0.2) is 67.1 Å². The van der Waals surface area contributed by atoms with Gasteiger partial charge in [-0.2, -0.15) is 0 Å². The largest absolute Gasteiger partial charge is 0.497 e. The molecule has 0 spiro atoms. The van der Waals surface area contributed by atoms with Crippen molar-refractivity contribution in [2.24, 2.45) is 5.73 Å². The fourth-order valence-corrected chi connectivity index (χ4v) is 3.50. The lowest BCUT2D eigenvalue weighted by Crippen LogP contribution is -2.10. The summed E-state index contributed by atoms with van der Waals surface area (Å²) < 4.78 is 5.40. The zero-order valence-electron chi connectivity index (χ0n) is 16.6. The minimum atomic E-state index is 0.0273. The first kappa shape index (κ1) is 19.4. The summed E-state index contributed by atoms with van der Waals surface area (Å²) in [4.78, 5) is 20.1. The zero-order valence-corrected chi connectivity index (χ0v) is 16.6. The minimum Gasteiger partial charge on any atom is -0.497 e. The molecule has 0 radical (unpaired) electrons. The van der Waals surface area contributed by atoms with Gasteiger partial charge in [-0.25, -0.2) is 4.98 Å². The number of hydrogen-bond donors (Lipinski definition) is 3. The quantitative estimate of drug-likeness (QED) is 0.250. The van der Waals surface area contributed by atoms with Crippen molar-refractivity contribution in [2.75, 3.05) is 7.11 Å². The van der Waals surface area contributed by atoms with E-state index in [1.54, 1.807) is 25.7 Å². The second kappa shape index (κ2) is 8.21. The van der Waals surface area contributed by atoms with Gasteiger partial charge in [-0.05, 0) is 46.2 Å². The van der Waals surface area contributed by atoms with Gasteiger partial charge in [-0.15, -0.1) is 0 Å². The van der Waals surface area contributed by atoms with E-state index in [2.05, 4.69) is 9.97 Å². The Labute approximate surface area is 174 Å². The summed E-state index contributed by atoms with van der Waals surface area (Å²) in [6.45, 7) is 0. The Hall–Kier alpha value is -3.93. The average molecular weight is 398 g/mol. The van der Waals surface area contributed by atoms with Gasteiger partial charge in [0.15, 0.2) is 5.78 Å². The van der Waals surface area contributed by atoms with Gasteiger partial charge < -0.3 is 15.5 Å². The Balaban J connectivity index is 1.58. The van der Waals surface area contributed by atoms with Gasteiger partial charge in [0.05, 0.1) is 13.4 Å². The van der Waals surface area contributed by atoms with Gasteiger partial charge in [0.1, 0.15) is 11.6 Å². The van der Waals surface area contributed by atoms with Crippen LogP contribution in [0.4, 0.5) is 0 Å². The van der Waals surface area contributed by atoms with Crippen LogP contribution in [0.3, 0.4) is 0 Å². The van der Waals surface area contributed by atoms with Gasteiger partial charge in [0.25, 0.3) is 0 Å². The number of Topliss-reactive ketones (excluding diaryl/α,β-unsaturated/α-hetero) is 1. The number of carbonyl (C=O) groups is 1. The molecule has 0 saturated heterocycles. The van der Waals surface area contributed by atoms with Crippen molar-refractivity contribution in [3.8, 4) is 5.75 Å². The summed E-state index contributed by atoms with van der Waals surface area (Å²) in [7, 11) is 1.60. The molecule has 0 fully saturated rings. The molecule has 3 aromatic carbocycles. The summed E-state index contributed by atoms with van der Waals surface area (Å²) in [5.74, 6) is 0.727. The molecule has 0 atom stereocenters. The molecule has 0 saturated carbocycles. The van der Waals surface area contributed by atoms with E-state index in [0.29, 0.717) is 29.7 Å². The number of aromatic nitrogens is 2. The number of benzene rings is 3. The third-order valence-electron chi connectivity index (χ3n) is 5.05. The lowest BCUT2D eigenvalue weighted by Gasteiger charge is -2.09. The van der Waals surface area contributed by atoms with Crippen LogP contribution in [0.1, 0.15) is 32.7 Å². The maximum atomic E-state index is 13.0. The molecule has 150 valence electrons. The van der Waals surface area contributed by atoms with Crippen molar-refractivity contribution in [1.82, 2.24) is 9.97 Å². The number of fused-ring (bicyclic) bond motifs is 1. The van der Waals surface area contributed by atoms with Crippen LogP contribution in [-0.2, 0) is 12.8 Å². The van der Waals surface area contributed by atoms with Crippen molar-refractivity contribution in [3.05, 3.63) is 95.1 Å². The summed E-state index contributed by atoms with van der Waals surface area (Å²) in [5.41, 5.74) is 9.76. The molecule has 1 heterocycles. The first-order valence-electron chi connectivity index (χ1n) is 9.57. The number of hydrogen-bond acceptors (Lipinski definition) is 4. The third kappa shape index (κ3) is 4.22. The van der Waals surface area contributed by atoms with Crippen LogP contribution < -0.4 is 10.5 Å². The number of carbonyl (C=O) groups excluding carboxylic acids is 1. The molecule has 6 nitrogen and oxygen atoms in total. The number of nitrogens with two attached hydrogens (primary N) is 1. The number of amidine groups is 1. The van der Waals surface area contributed by atoms with Gasteiger partial charge in [-0.1, -0.05) is 30.3 Å². The number of ketones is 1. The predicted octanol–water partition coefficient (Wildman–Crippen LogP) is 3.87. The van der Waals surface area contributed by atoms with Crippen LogP contribution in [0.5, 0.6) is 5.75 Å². The van der Waals surface area contributed by atoms with Crippen molar-refractivity contribution >= 4 is 22.4 Å². The second-order valence-electron chi connectivity index (χ2n) is 7.23. The predicted molar refractivity (Wildman–Crippen MR) is 117 cm³/mol. The minimum absolute atomic E-state index is 0.0273. The zero-order chi connectivity index (χ0) is 21.1. The highest BCUT2D eigenvalue weighted by Crippen LogP contribution is 2.22. The van der Waals surface area contributed by atoms with E-state index in [1.165, 1.54) is 0 Å². The maximum absolute atomic E-state index is 13.0. The molecule has 0 aliphatic rings. The van der Waals surface area contributed by atoms with Gasteiger partial charge >= 0.3 is 0 Å². The number of aromatic amines is 1. The molecule has 4 aromatic rings. The molecule has 0 aliphatic heterocycles. The van der Waals surface area contributed by atoms with E-state index in [-0.39, 0.29) is 11.6 Å². The van der Waals surface area contributed by atoms with Crippen molar-refractivity contribution < 1.29 is 9.53 Å². The molecule has 0 unspecified atom stereocenters. The molecule has 30 heavy (non-hydrogen) atoms. The number of H-pyrrole nitrogens is 1. The van der Waals surface area contributed by atoms with Crippen molar-refractivity contribution in [2.45, 2.75) is 12.8 Å². The Morgan fingerprint density at radius 2 is 1.83 bits per heavy atom. The summed E-state index contributed by atoms with van der Waals surface area (Å²) in [5, 5.41) is 9.57. The highest BCUT2D eigenvalue weighted by atomic mass is 16.5. The Morgan fingerprint density at radius 1 is 1.03 bits per heavy atom. The number of methoxy groups -OCH3 is 1. The third-order valence-corrected chi connectivity index (χ3v) is 5.05. The van der Waals surface area contributed by atoms with E-state index < -0.39 is 0 Å². The van der Waals surface area contributed by atoms with E-state index in [0.717, 1.165) is 27.6 Å². The van der Waals surface area contributed by atoms with Gasteiger partial charge in [0.2, 0.25) is 0 Å². The molecule has 0 amide bonds. The second-order valence-corrected chi connectivity index (χ2v) is 7.23. The summed E-state index contributed by atoms with van der Waals surface area (Å²) >= 11 is 0.